The number of hydrogen-bond donors (Lipinski definition) is 0. The summed E-state index contributed by atoms with van der Waals surface area (Å²) in [6, 6.07) is 0. The highest BCUT2D eigenvalue weighted by Gasteiger charge is 2.45. The van der Waals surface area contributed by atoms with Crippen molar-refractivity contribution in [3.8, 4) is 0 Å². The molecule has 2 aliphatic rings. The molecule has 2 rings (SSSR count). The van der Waals surface area contributed by atoms with Gasteiger partial charge in [-0.15, -0.1) is 11.8 Å². The van der Waals surface area contributed by atoms with E-state index in [1.54, 1.807) is 39.5 Å². The Morgan fingerprint density at radius 1 is 1.33 bits per heavy atom. The average Bonchev–Trinajstić information content (AvgIpc) is 2.37. The minimum absolute atomic E-state index is 0.0286. The van der Waals surface area contributed by atoms with Crippen LogP contribution in [-0.2, 0) is 23.9 Å². The van der Waals surface area contributed by atoms with Gasteiger partial charge < -0.3 is 9.47 Å². The number of hydrogen-bond acceptors (Lipinski definition) is 6. The molecular weight excluding hydrogens is 294 g/mol. The van der Waals surface area contributed by atoms with Crippen molar-refractivity contribution in [2.75, 3.05) is 12.5 Å². The first-order chi connectivity index (χ1) is 9.71. The van der Waals surface area contributed by atoms with Crippen LogP contribution in [0.3, 0.4) is 0 Å². The maximum Gasteiger partial charge on any atom is 0.357 e. The lowest BCUT2D eigenvalue weighted by Gasteiger charge is -2.43. The van der Waals surface area contributed by atoms with E-state index in [2.05, 4.69) is 0 Å². The first kappa shape index (κ1) is 15.9. The van der Waals surface area contributed by atoms with E-state index in [9.17, 15) is 14.4 Å². The zero-order valence-corrected chi connectivity index (χ0v) is 13.4. The van der Waals surface area contributed by atoms with E-state index in [0.29, 0.717) is 17.9 Å². The summed E-state index contributed by atoms with van der Waals surface area (Å²) in [4.78, 5) is 36.8. The third-order valence-electron chi connectivity index (χ3n) is 3.23. The van der Waals surface area contributed by atoms with Gasteiger partial charge in [-0.3, -0.25) is 14.5 Å². The van der Waals surface area contributed by atoms with E-state index in [-0.39, 0.29) is 11.3 Å². The van der Waals surface area contributed by atoms with Gasteiger partial charge in [0.25, 0.3) is 0 Å². The number of thioether (sulfide) groups is 1. The van der Waals surface area contributed by atoms with E-state index in [4.69, 9.17) is 9.47 Å². The summed E-state index contributed by atoms with van der Waals surface area (Å²) < 4.78 is 9.87. The van der Waals surface area contributed by atoms with Gasteiger partial charge in [-0.1, -0.05) is 0 Å². The molecule has 0 radical (unpaired) electrons. The predicted octanol–water partition coefficient (Wildman–Crippen LogP) is 1.66. The Morgan fingerprint density at radius 3 is 2.57 bits per heavy atom. The van der Waals surface area contributed by atoms with Crippen LogP contribution >= 0.6 is 11.8 Å². The standard InChI is InChI=1S/C14H19NO5S/c1-8-6-21-10-5-9(16)15(10)11(8)12(17)19-7-20-13(18)14(2,3)4/h10H,5-7H2,1-4H3. The number of rotatable bonds is 3. The third kappa shape index (κ3) is 3.23. The molecule has 0 saturated carbocycles. The van der Waals surface area contributed by atoms with E-state index < -0.39 is 24.1 Å². The van der Waals surface area contributed by atoms with Crippen molar-refractivity contribution in [3.63, 3.8) is 0 Å². The van der Waals surface area contributed by atoms with Crippen LogP contribution in [-0.4, -0.2) is 40.7 Å². The molecule has 7 heteroatoms. The Hall–Kier alpha value is -1.50. The molecule has 0 aromatic heterocycles. The second-order valence-electron chi connectivity index (χ2n) is 6.09. The van der Waals surface area contributed by atoms with Crippen molar-refractivity contribution in [3.05, 3.63) is 11.3 Å². The summed E-state index contributed by atoms with van der Waals surface area (Å²) in [5.74, 6) is -0.448. The zero-order valence-electron chi connectivity index (χ0n) is 12.6. The van der Waals surface area contributed by atoms with Crippen LogP contribution in [0.2, 0.25) is 0 Å². The summed E-state index contributed by atoms with van der Waals surface area (Å²) in [5.41, 5.74) is 0.444. The lowest BCUT2D eigenvalue weighted by molar-refractivity contribution is -0.173. The van der Waals surface area contributed by atoms with Crippen LogP contribution in [0.25, 0.3) is 0 Å². The SMILES string of the molecule is CC1=C(C(=O)OCOC(=O)C(C)(C)C)N2C(=O)CC2SC1. The van der Waals surface area contributed by atoms with Crippen molar-refractivity contribution < 1.29 is 23.9 Å². The molecule has 1 saturated heterocycles. The van der Waals surface area contributed by atoms with Gasteiger partial charge in [-0.05, 0) is 33.3 Å². The van der Waals surface area contributed by atoms with Crippen LogP contribution in [0.5, 0.6) is 0 Å². The van der Waals surface area contributed by atoms with E-state index in [0.717, 1.165) is 5.57 Å². The molecule has 1 amide bonds. The molecule has 6 nitrogen and oxygen atoms in total. The predicted molar refractivity (Wildman–Crippen MR) is 76.9 cm³/mol. The summed E-state index contributed by atoms with van der Waals surface area (Å²) in [6.07, 6.45) is 0.452. The van der Waals surface area contributed by atoms with Gasteiger partial charge in [0, 0.05) is 5.75 Å². The van der Waals surface area contributed by atoms with Gasteiger partial charge in [0.2, 0.25) is 12.7 Å². The smallest absolute Gasteiger partial charge is 0.357 e. The van der Waals surface area contributed by atoms with E-state index >= 15 is 0 Å². The number of ether oxygens (including phenoxy) is 2. The van der Waals surface area contributed by atoms with Gasteiger partial charge in [-0.25, -0.2) is 4.79 Å². The number of nitrogens with zero attached hydrogens (tertiary/aromatic N) is 1. The molecule has 116 valence electrons. The average molecular weight is 313 g/mol. The van der Waals surface area contributed by atoms with Crippen molar-refractivity contribution in [2.45, 2.75) is 39.5 Å². The van der Waals surface area contributed by atoms with Crippen molar-refractivity contribution >= 4 is 29.6 Å². The van der Waals surface area contributed by atoms with Crippen LogP contribution in [0, 0.1) is 5.41 Å². The maximum atomic E-state index is 12.1. The molecule has 2 aliphatic heterocycles. The van der Waals surface area contributed by atoms with Gasteiger partial charge >= 0.3 is 11.9 Å². The fourth-order valence-corrected chi connectivity index (χ4v) is 3.19. The Balaban J connectivity index is 1.94. The molecule has 0 bridgehead atoms. The fourth-order valence-electron chi connectivity index (χ4n) is 1.98. The number of carbonyl (C=O) groups is 3. The van der Waals surface area contributed by atoms with Gasteiger partial charge in [0.1, 0.15) is 5.70 Å². The van der Waals surface area contributed by atoms with Gasteiger partial charge in [0.15, 0.2) is 0 Å². The van der Waals surface area contributed by atoms with Crippen molar-refractivity contribution in [2.24, 2.45) is 5.41 Å². The Bertz CT molecular complexity index is 520. The highest BCUT2D eigenvalue weighted by Crippen LogP contribution is 2.39. The lowest BCUT2D eigenvalue weighted by Crippen LogP contribution is -2.54. The molecule has 0 N–H and O–H groups in total. The van der Waals surface area contributed by atoms with Crippen LogP contribution in [0.1, 0.15) is 34.1 Å². The molecule has 1 unspecified atom stereocenters. The number of esters is 2. The summed E-state index contributed by atoms with van der Waals surface area (Å²) in [5, 5.41) is 0.0286. The number of fused-ring (bicyclic) bond motifs is 1. The van der Waals surface area contributed by atoms with Crippen LogP contribution in [0.15, 0.2) is 11.3 Å². The molecule has 2 heterocycles. The second-order valence-corrected chi connectivity index (χ2v) is 7.26. The maximum absolute atomic E-state index is 12.1. The first-order valence-electron chi connectivity index (χ1n) is 6.69. The quantitative estimate of drug-likeness (QED) is 0.448. The minimum Gasteiger partial charge on any atom is -0.427 e. The Morgan fingerprint density at radius 2 is 2.00 bits per heavy atom. The van der Waals surface area contributed by atoms with Crippen LogP contribution in [0.4, 0.5) is 0 Å². The fraction of sp³-hybridized carbons (Fsp3) is 0.643. The van der Waals surface area contributed by atoms with E-state index in [1.165, 1.54) is 4.90 Å². The van der Waals surface area contributed by atoms with Gasteiger partial charge in [0.05, 0.1) is 17.2 Å². The normalized spacial score (nSPS) is 21.6. The zero-order chi connectivity index (χ0) is 15.8. The molecule has 0 aromatic rings. The molecule has 21 heavy (non-hydrogen) atoms. The number of carbonyl (C=O) groups excluding carboxylic acids is 3. The molecule has 1 atom stereocenters. The lowest BCUT2D eigenvalue weighted by atomic mass is 9.98. The van der Waals surface area contributed by atoms with Crippen molar-refractivity contribution in [1.29, 1.82) is 0 Å². The highest BCUT2D eigenvalue weighted by atomic mass is 32.2. The molecule has 0 aliphatic carbocycles. The largest absolute Gasteiger partial charge is 0.427 e. The Kier molecular flexibility index (Phi) is 4.32. The van der Waals surface area contributed by atoms with E-state index in [1.807, 2.05) is 0 Å². The number of amides is 1. The summed E-state index contributed by atoms with van der Waals surface area (Å²) >= 11 is 1.63. The third-order valence-corrected chi connectivity index (χ3v) is 4.59. The molecule has 1 fully saturated rings. The highest BCUT2D eigenvalue weighted by molar-refractivity contribution is 8.00. The van der Waals surface area contributed by atoms with Crippen LogP contribution < -0.4 is 0 Å². The first-order valence-corrected chi connectivity index (χ1v) is 7.74. The molecule has 0 aromatic carbocycles. The molecule has 0 spiro atoms. The van der Waals surface area contributed by atoms with Gasteiger partial charge in [-0.2, -0.15) is 0 Å². The number of β-lactam (4-membered cyclic amide) rings is 1. The summed E-state index contributed by atoms with van der Waals surface area (Å²) in [7, 11) is 0. The minimum atomic E-state index is -0.651. The monoisotopic (exact) mass is 313 g/mol. The topological polar surface area (TPSA) is 72.9 Å². The molecular formula is C14H19NO5S. The van der Waals surface area contributed by atoms with Crippen molar-refractivity contribution in [1.82, 2.24) is 4.90 Å². The summed E-state index contributed by atoms with van der Waals surface area (Å²) in [6.45, 7) is 6.50. The second kappa shape index (κ2) is 5.71. The Labute approximate surface area is 127 Å².